The molecule has 0 amide bonds. The van der Waals surface area contributed by atoms with Gasteiger partial charge in [-0.3, -0.25) is 5.43 Å². The van der Waals surface area contributed by atoms with Crippen LogP contribution in [0.1, 0.15) is 42.7 Å². The first-order valence-electron chi connectivity index (χ1n) is 7.91. The summed E-state index contributed by atoms with van der Waals surface area (Å²) >= 11 is 1.55. The molecule has 2 rings (SSSR count). The Morgan fingerprint density at radius 1 is 1.26 bits per heavy atom. The number of hydrogen-bond acceptors (Lipinski definition) is 5. The van der Waals surface area contributed by atoms with E-state index >= 15 is 0 Å². The lowest BCUT2D eigenvalue weighted by Crippen LogP contribution is -2.03. The van der Waals surface area contributed by atoms with Crippen LogP contribution in [0, 0.1) is 26.7 Å². The summed E-state index contributed by atoms with van der Waals surface area (Å²) in [6.07, 6.45) is 2.91. The number of thiazole rings is 1. The number of hydrazone groups is 1. The molecule has 4 nitrogen and oxygen atoms in total. The molecule has 0 fully saturated rings. The Morgan fingerprint density at radius 3 is 2.52 bits per heavy atom. The van der Waals surface area contributed by atoms with Gasteiger partial charge in [0.25, 0.3) is 0 Å². The molecular formula is C18H25N3OS. The molecule has 0 saturated carbocycles. The molecule has 2 aromatic rings. The van der Waals surface area contributed by atoms with Crippen LogP contribution in [0.3, 0.4) is 0 Å². The SMILES string of the molecule is Cc1csc(NN=Cc2c(C)cc(OCCC(C)C)cc2C)n1. The molecule has 1 aromatic carbocycles. The first kappa shape index (κ1) is 17.5. The van der Waals surface area contributed by atoms with E-state index in [4.69, 9.17) is 4.74 Å². The van der Waals surface area contributed by atoms with Crippen LogP contribution in [-0.2, 0) is 0 Å². The summed E-state index contributed by atoms with van der Waals surface area (Å²) in [6, 6.07) is 4.14. The smallest absolute Gasteiger partial charge is 0.203 e. The predicted octanol–water partition coefficient (Wildman–Crippen LogP) is 4.94. The second-order valence-electron chi connectivity index (χ2n) is 6.17. The highest BCUT2D eigenvalue weighted by Crippen LogP contribution is 2.21. The number of nitrogens with one attached hydrogen (secondary N) is 1. The molecular weight excluding hydrogens is 306 g/mol. The van der Waals surface area contributed by atoms with Crippen LogP contribution in [-0.4, -0.2) is 17.8 Å². The van der Waals surface area contributed by atoms with Gasteiger partial charge in [-0.1, -0.05) is 13.8 Å². The molecule has 124 valence electrons. The van der Waals surface area contributed by atoms with Gasteiger partial charge in [-0.15, -0.1) is 11.3 Å². The fourth-order valence-electron chi connectivity index (χ4n) is 2.19. The van der Waals surface area contributed by atoms with E-state index in [1.54, 1.807) is 11.3 Å². The zero-order chi connectivity index (χ0) is 16.8. The number of hydrogen-bond donors (Lipinski definition) is 1. The number of aryl methyl sites for hydroxylation is 3. The molecule has 1 aromatic heterocycles. The van der Waals surface area contributed by atoms with Gasteiger partial charge in [0, 0.05) is 10.9 Å². The predicted molar refractivity (Wildman–Crippen MR) is 98.9 cm³/mol. The molecule has 5 heteroatoms. The molecule has 0 spiro atoms. The molecule has 0 aliphatic rings. The van der Waals surface area contributed by atoms with Crippen molar-refractivity contribution >= 4 is 22.7 Å². The molecule has 0 saturated heterocycles. The summed E-state index contributed by atoms with van der Waals surface area (Å²) in [4.78, 5) is 4.32. The number of aromatic nitrogens is 1. The maximum Gasteiger partial charge on any atom is 0.203 e. The van der Waals surface area contributed by atoms with Gasteiger partial charge < -0.3 is 4.74 Å². The van der Waals surface area contributed by atoms with Crippen LogP contribution in [0.2, 0.25) is 0 Å². The van der Waals surface area contributed by atoms with Gasteiger partial charge in [-0.25, -0.2) is 4.98 Å². The van der Waals surface area contributed by atoms with Crippen molar-refractivity contribution in [2.24, 2.45) is 11.0 Å². The molecule has 0 bridgehead atoms. The average Bonchev–Trinajstić information content (AvgIpc) is 2.87. The summed E-state index contributed by atoms with van der Waals surface area (Å²) < 4.78 is 5.84. The molecule has 0 unspecified atom stereocenters. The average molecular weight is 331 g/mol. The zero-order valence-corrected chi connectivity index (χ0v) is 15.3. The molecule has 0 aliphatic heterocycles. The lowest BCUT2D eigenvalue weighted by Gasteiger charge is -2.12. The van der Waals surface area contributed by atoms with E-state index in [9.17, 15) is 0 Å². The Labute approximate surface area is 142 Å². The summed E-state index contributed by atoms with van der Waals surface area (Å²) in [5.74, 6) is 1.59. The highest BCUT2D eigenvalue weighted by atomic mass is 32.1. The number of rotatable bonds is 7. The Morgan fingerprint density at radius 2 is 1.96 bits per heavy atom. The largest absolute Gasteiger partial charge is 0.494 e. The van der Waals surface area contributed by atoms with E-state index in [1.807, 2.05) is 18.5 Å². The Hall–Kier alpha value is -1.88. The Balaban J connectivity index is 2.01. The van der Waals surface area contributed by atoms with Gasteiger partial charge >= 0.3 is 0 Å². The van der Waals surface area contributed by atoms with Crippen molar-refractivity contribution < 1.29 is 4.74 Å². The Kier molecular flexibility index (Phi) is 6.16. The van der Waals surface area contributed by atoms with Gasteiger partial charge in [-0.2, -0.15) is 5.10 Å². The van der Waals surface area contributed by atoms with Crippen molar-refractivity contribution in [3.63, 3.8) is 0 Å². The second-order valence-corrected chi connectivity index (χ2v) is 7.02. The number of benzene rings is 1. The lowest BCUT2D eigenvalue weighted by atomic mass is 10.0. The van der Waals surface area contributed by atoms with Crippen molar-refractivity contribution in [3.8, 4) is 5.75 Å². The zero-order valence-electron chi connectivity index (χ0n) is 14.5. The van der Waals surface area contributed by atoms with E-state index in [-0.39, 0.29) is 0 Å². The highest BCUT2D eigenvalue weighted by Gasteiger charge is 2.05. The maximum absolute atomic E-state index is 5.84. The van der Waals surface area contributed by atoms with Crippen LogP contribution in [0.5, 0.6) is 5.75 Å². The van der Waals surface area contributed by atoms with Gasteiger partial charge in [0.05, 0.1) is 18.5 Å². The van der Waals surface area contributed by atoms with Crippen molar-refractivity contribution in [1.29, 1.82) is 0 Å². The first-order chi connectivity index (χ1) is 11.0. The molecule has 0 radical (unpaired) electrons. The van der Waals surface area contributed by atoms with E-state index in [2.05, 4.69) is 55.3 Å². The van der Waals surface area contributed by atoms with Crippen LogP contribution < -0.4 is 10.2 Å². The summed E-state index contributed by atoms with van der Waals surface area (Å²) in [7, 11) is 0. The van der Waals surface area contributed by atoms with E-state index < -0.39 is 0 Å². The minimum atomic E-state index is 0.657. The highest BCUT2D eigenvalue weighted by molar-refractivity contribution is 7.13. The number of nitrogens with zero attached hydrogens (tertiary/aromatic N) is 2. The fraction of sp³-hybridized carbons (Fsp3) is 0.444. The van der Waals surface area contributed by atoms with Crippen molar-refractivity contribution in [2.45, 2.75) is 41.0 Å². The summed E-state index contributed by atoms with van der Waals surface area (Å²) in [6.45, 7) is 11.3. The first-order valence-corrected chi connectivity index (χ1v) is 8.79. The number of anilines is 1. The third-order valence-electron chi connectivity index (χ3n) is 3.50. The van der Waals surface area contributed by atoms with Gasteiger partial charge in [0.15, 0.2) is 0 Å². The van der Waals surface area contributed by atoms with Crippen molar-refractivity contribution in [3.05, 3.63) is 39.9 Å². The van der Waals surface area contributed by atoms with E-state index in [0.29, 0.717) is 5.92 Å². The topological polar surface area (TPSA) is 46.5 Å². The van der Waals surface area contributed by atoms with Crippen LogP contribution >= 0.6 is 11.3 Å². The Bertz CT molecular complexity index is 654. The standard InChI is InChI=1S/C18H25N3OS/c1-12(2)6-7-22-16-8-13(3)17(14(4)9-16)10-19-21-18-20-15(5)11-23-18/h8-12H,6-7H2,1-5H3,(H,20,21). The van der Waals surface area contributed by atoms with Gasteiger partial charge in [-0.05, 0) is 56.4 Å². The van der Waals surface area contributed by atoms with Gasteiger partial charge in [0.1, 0.15) is 5.75 Å². The lowest BCUT2D eigenvalue weighted by molar-refractivity contribution is 0.289. The third-order valence-corrected chi connectivity index (χ3v) is 4.37. The minimum absolute atomic E-state index is 0.657. The number of ether oxygens (including phenoxy) is 1. The van der Waals surface area contributed by atoms with Crippen LogP contribution in [0.15, 0.2) is 22.6 Å². The molecule has 1 heterocycles. The summed E-state index contributed by atoms with van der Waals surface area (Å²) in [5, 5.41) is 7.10. The van der Waals surface area contributed by atoms with Crippen molar-refractivity contribution in [2.75, 3.05) is 12.0 Å². The van der Waals surface area contributed by atoms with Crippen LogP contribution in [0.25, 0.3) is 0 Å². The van der Waals surface area contributed by atoms with E-state index in [0.717, 1.165) is 46.3 Å². The maximum atomic E-state index is 5.84. The summed E-state index contributed by atoms with van der Waals surface area (Å²) in [5.41, 5.74) is 7.41. The molecule has 0 aliphatic carbocycles. The quantitative estimate of drug-likeness (QED) is 0.577. The monoisotopic (exact) mass is 331 g/mol. The van der Waals surface area contributed by atoms with Crippen LogP contribution in [0.4, 0.5) is 5.13 Å². The van der Waals surface area contributed by atoms with Gasteiger partial charge in [0.2, 0.25) is 5.13 Å². The third kappa shape index (κ3) is 5.36. The molecule has 1 N–H and O–H groups in total. The fourth-order valence-corrected chi connectivity index (χ4v) is 2.83. The van der Waals surface area contributed by atoms with E-state index in [1.165, 1.54) is 0 Å². The molecule has 0 atom stereocenters. The normalized spacial score (nSPS) is 11.4. The van der Waals surface area contributed by atoms with Crippen molar-refractivity contribution in [1.82, 2.24) is 4.98 Å². The minimum Gasteiger partial charge on any atom is -0.494 e. The second kappa shape index (κ2) is 8.11. The molecule has 23 heavy (non-hydrogen) atoms.